The van der Waals surface area contributed by atoms with Gasteiger partial charge in [-0.15, -0.1) is 0 Å². The molecular formula is C19H21NO4. The molecule has 2 aromatic carbocycles. The Labute approximate surface area is 141 Å². The van der Waals surface area contributed by atoms with E-state index in [1.54, 1.807) is 6.92 Å². The van der Waals surface area contributed by atoms with Gasteiger partial charge in [0.15, 0.2) is 0 Å². The molecule has 0 bridgehead atoms. The maximum Gasteiger partial charge on any atom is 0.210 e. The molecule has 0 aliphatic carbocycles. The minimum absolute atomic E-state index is 0.139. The zero-order valence-electron chi connectivity index (χ0n) is 13.6. The van der Waals surface area contributed by atoms with Crippen molar-refractivity contribution in [2.75, 3.05) is 13.2 Å². The fourth-order valence-electron chi connectivity index (χ4n) is 2.69. The van der Waals surface area contributed by atoms with Gasteiger partial charge in [-0.3, -0.25) is 10.1 Å². The van der Waals surface area contributed by atoms with Crippen LogP contribution in [0.3, 0.4) is 0 Å². The molecule has 0 saturated heterocycles. The van der Waals surface area contributed by atoms with Crippen LogP contribution in [0.4, 0.5) is 0 Å². The summed E-state index contributed by atoms with van der Waals surface area (Å²) in [6.45, 7) is 1.91. The Balaban J connectivity index is 2.14. The van der Waals surface area contributed by atoms with E-state index in [-0.39, 0.29) is 18.1 Å². The quantitative estimate of drug-likeness (QED) is 0.403. The summed E-state index contributed by atoms with van der Waals surface area (Å²) in [7, 11) is 0. The van der Waals surface area contributed by atoms with Crippen LogP contribution in [0, 0.1) is 16.0 Å². The van der Waals surface area contributed by atoms with E-state index in [4.69, 9.17) is 4.74 Å². The van der Waals surface area contributed by atoms with E-state index >= 15 is 0 Å². The van der Waals surface area contributed by atoms with Crippen LogP contribution in [-0.2, 0) is 21.6 Å². The van der Waals surface area contributed by atoms with Crippen LogP contribution in [-0.4, -0.2) is 24.4 Å². The minimum atomic E-state index is -0.967. The van der Waals surface area contributed by atoms with Gasteiger partial charge in [-0.1, -0.05) is 60.7 Å². The van der Waals surface area contributed by atoms with Crippen LogP contribution >= 0.6 is 0 Å². The molecule has 0 spiro atoms. The molecule has 5 heteroatoms. The highest BCUT2D eigenvalue weighted by Gasteiger charge is 2.39. The van der Waals surface area contributed by atoms with Crippen molar-refractivity contribution >= 4 is 6.29 Å². The molecule has 2 rings (SSSR count). The highest BCUT2D eigenvalue weighted by molar-refractivity contribution is 5.68. The summed E-state index contributed by atoms with van der Waals surface area (Å²) in [6, 6.07) is 18.7. The Morgan fingerprint density at radius 3 is 2.25 bits per heavy atom. The zero-order valence-corrected chi connectivity index (χ0v) is 13.6. The van der Waals surface area contributed by atoms with Crippen molar-refractivity contribution in [1.29, 1.82) is 0 Å². The first-order chi connectivity index (χ1) is 11.6. The second-order valence-electron chi connectivity index (χ2n) is 5.98. The van der Waals surface area contributed by atoms with Crippen LogP contribution < -0.4 is 0 Å². The van der Waals surface area contributed by atoms with E-state index in [1.165, 1.54) is 0 Å². The van der Waals surface area contributed by atoms with Gasteiger partial charge in [0.25, 0.3) is 0 Å². The van der Waals surface area contributed by atoms with E-state index < -0.39 is 11.3 Å². The molecule has 0 N–H and O–H groups in total. The third kappa shape index (κ3) is 4.49. The van der Waals surface area contributed by atoms with E-state index in [0.717, 1.165) is 17.4 Å². The molecule has 0 aliphatic heterocycles. The average molecular weight is 327 g/mol. The number of hydrogen-bond acceptors (Lipinski definition) is 4. The number of carbonyl (C=O) groups is 1. The Morgan fingerprint density at radius 1 is 1.12 bits per heavy atom. The van der Waals surface area contributed by atoms with Crippen LogP contribution in [0.25, 0.3) is 0 Å². The van der Waals surface area contributed by atoms with Gasteiger partial charge in [0.2, 0.25) is 6.54 Å². The Morgan fingerprint density at radius 2 is 1.71 bits per heavy atom. The number of benzene rings is 2. The number of rotatable bonds is 9. The predicted octanol–water partition coefficient (Wildman–Crippen LogP) is 3.25. The molecule has 0 aromatic heterocycles. The largest absolute Gasteiger partial charge is 0.376 e. The third-order valence-corrected chi connectivity index (χ3v) is 4.29. The van der Waals surface area contributed by atoms with Gasteiger partial charge in [-0.25, -0.2) is 0 Å². The lowest BCUT2D eigenvalue weighted by atomic mass is 9.73. The number of nitro groups is 1. The fourth-order valence-corrected chi connectivity index (χ4v) is 2.69. The van der Waals surface area contributed by atoms with E-state index in [9.17, 15) is 14.9 Å². The van der Waals surface area contributed by atoms with Gasteiger partial charge in [0, 0.05) is 4.92 Å². The van der Waals surface area contributed by atoms with Gasteiger partial charge in [-0.05, 0) is 18.1 Å². The lowest BCUT2D eigenvalue weighted by molar-refractivity contribution is -0.490. The van der Waals surface area contributed by atoms with Gasteiger partial charge in [0.05, 0.1) is 24.5 Å². The summed E-state index contributed by atoms with van der Waals surface area (Å²) in [5.74, 6) is -0.545. The monoisotopic (exact) mass is 327 g/mol. The van der Waals surface area contributed by atoms with Crippen molar-refractivity contribution in [2.45, 2.75) is 18.9 Å². The number of carbonyl (C=O) groups excluding carboxylic acids is 1. The summed E-state index contributed by atoms with van der Waals surface area (Å²) < 4.78 is 5.69. The lowest BCUT2D eigenvalue weighted by Crippen LogP contribution is -2.40. The summed E-state index contributed by atoms with van der Waals surface area (Å²) >= 11 is 0. The van der Waals surface area contributed by atoms with E-state index in [2.05, 4.69) is 0 Å². The van der Waals surface area contributed by atoms with Crippen molar-refractivity contribution in [3.63, 3.8) is 0 Å². The van der Waals surface area contributed by atoms with Crippen molar-refractivity contribution < 1.29 is 14.5 Å². The molecule has 0 heterocycles. The molecule has 126 valence electrons. The second-order valence-corrected chi connectivity index (χ2v) is 5.98. The molecule has 0 amide bonds. The second kappa shape index (κ2) is 8.36. The van der Waals surface area contributed by atoms with Crippen molar-refractivity contribution in [1.82, 2.24) is 0 Å². The van der Waals surface area contributed by atoms with Gasteiger partial charge in [-0.2, -0.15) is 0 Å². The normalized spacial score (nSPS) is 14.5. The highest BCUT2D eigenvalue weighted by atomic mass is 16.6. The minimum Gasteiger partial charge on any atom is -0.376 e. The molecule has 0 saturated carbocycles. The first-order valence-electron chi connectivity index (χ1n) is 7.81. The molecule has 5 nitrogen and oxygen atoms in total. The SMILES string of the molecule is C[C@@](C=O)(c1ccccc1)[C@H](COCc1ccccc1)C[N+](=O)[O-]. The topological polar surface area (TPSA) is 69.4 Å². The standard InChI is InChI=1S/C19H21NO4/c1-19(15-21,17-10-6-3-7-11-17)18(12-20(22)23)14-24-13-16-8-4-2-5-9-16/h2-11,15,18H,12-14H2,1H3/t18-,19+/m0/s1. The summed E-state index contributed by atoms with van der Waals surface area (Å²) in [6.07, 6.45) is 0.794. The van der Waals surface area contributed by atoms with Crippen LogP contribution in [0.15, 0.2) is 60.7 Å². The zero-order chi connectivity index (χ0) is 17.4. The Kier molecular flexibility index (Phi) is 6.21. The first kappa shape index (κ1) is 17.8. The maximum atomic E-state index is 11.8. The van der Waals surface area contributed by atoms with Crippen molar-refractivity contribution in [3.05, 3.63) is 81.9 Å². The van der Waals surface area contributed by atoms with Gasteiger partial charge in [0.1, 0.15) is 6.29 Å². The smallest absolute Gasteiger partial charge is 0.210 e. The van der Waals surface area contributed by atoms with Crippen molar-refractivity contribution in [3.8, 4) is 0 Å². The number of hydrogen-bond donors (Lipinski definition) is 0. The molecular weight excluding hydrogens is 306 g/mol. The first-order valence-corrected chi connectivity index (χ1v) is 7.81. The van der Waals surface area contributed by atoms with E-state index in [1.807, 2.05) is 60.7 Å². The molecule has 0 aliphatic rings. The number of nitrogens with zero attached hydrogens (tertiary/aromatic N) is 1. The van der Waals surface area contributed by atoms with Crippen LogP contribution in [0.2, 0.25) is 0 Å². The summed E-state index contributed by atoms with van der Waals surface area (Å²) in [5.41, 5.74) is 0.783. The highest BCUT2D eigenvalue weighted by Crippen LogP contribution is 2.31. The fraction of sp³-hybridized carbons (Fsp3) is 0.316. The van der Waals surface area contributed by atoms with Gasteiger partial charge >= 0.3 is 0 Å². The Hall–Kier alpha value is -2.53. The van der Waals surface area contributed by atoms with Crippen LogP contribution in [0.1, 0.15) is 18.1 Å². The average Bonchev–Trinajstić information content (AvgIpc) is 2.61. The predicted molar refractivity (Wildman–Crippen MR) is 91.3 cm³/mol. The summed E-state index contributed by atoms with van der Waals surface area (Å²) in [4.78, 5) is 22.5. The Bertz CT molecular complexity index is 660. The molecule has 24 heavy (non-hydrogen) atoms. The van der Waals surface area contributed by atoms with E-state index in [0.29, 0.717) is 6.61 Å². The van der Waals surface area contributed by atoms with Crippen LogP contribution in [0.5, 0.6) is 0 Å². The number of ether oxygens (including phenoxy) is 1. The molecule has 2 atom stereocenters. The maximum absolute atomic E-state index is 11.8. The van der Waals surface area contributed by atoms with Crippen molar-refractivity contribution in [2.24, 2.45) is 5.92 Å². The number of aldehydes is 1. The molecule has 0 radical (unpaired) electrons. The molecule has 2 aromatic rings. The van der Waals surface area contributed by atoms with Gasteiger partial charge < -0.3 is 9.53 Å². The molecule has 0 fully saturated rings. The lowest BCUT2D eigenvalue weighted by Gasteiger charge is -2.30. The third-order valence-electron chi connectivity index (χ3n) is 4.29. The molecule has 0 unspecified atom stereocenters. The summed E-state index contributed by atoms with van der Waals surface area (Å²) in [5, 5.41) is 11.1.